The number of aliphatic hydroxyl groups excluding tert-OH is 2. The number of terminal acetylenes is 1. The van der Waals surface area contributed by atoms with Crippen molar-refractivity contribution >= 4 is 47.8 Å². The summed E-state index contributed by atoms with van der Waals surface area (Å²) < 4.78 is 87.3. The van der Waals surface area contributed by atoms with Gasteiger partial charge in [-0.05, 0) is 97.1 Å². The van der Waals surface area contributed by atoms with Gasteiger partial charge in [-0.15, -0.1) is 6.42 Å². The van der Waals surface area contributed by atoms with E-state index in [4.69, 9.17) is 72.7 Å². The maximum atomic E-state index is 14.5. The standard InChI is InChI=1S/C77H66O24/c1-2-43-88-75-59(79)62(101-77-66(100-74(87)54-41-25-10-26-42-54)64(98-72(85)52-37-21-8-22-38-52)61(96-70(83)50-33-17-6-18-34-50)57(94-77)46-90-68(81)48-29-13-4-14-30-48)58(78)55(92-75)44-91-76-65(99-73(86)53-39-23-9-24-40-53)63(97-71(84)51-35-19-7-20-36-51)60(95-69(82)49-31-15-5-16-32-49)56(93-76)45-89-67(80)47-27-11-3-12-28-47/h1,3-42,55-66,75-79H,43-46H2/t55-,56-,57-,58+,59-,60+,61+,62+,63+,64+,65-,66-,75-,76-,77+/m1/s1. The molecule has 0 aromatic heterocycles. The first kappa shape index (κ1) is 71.1. The molecule has 3 aliphatic heterocycles. The zero-order chi connectivity index (χ0) is 70.6. The third-order valence-corrected chi connectivity index (χ3v) is 16.2. The Hall–Kier alpha value is -11.2. The summed E-state index contributed by atoms with van der Waals surface area (Å²) in [6, 6.07) is 61.2. The van der Waals surface area contributed by atoms with Crippen LogP contribution in [0.15, 0.2) is 243 Å². The van der Waals surface area contributed by atoms with E-state index in [1.807, 2.05) is 0 Å². The van der Waals surface area contributed by atoms with Crippen molar-refractivity contribution in [1.29, 1.82) is 0 Å². The number of esters is 8. The number of benzene rings is 8. The van der Waals surface area contributed by atoms with E-state index < -0.39 is 166 Å². The average Bonchev–Trinajstić information content (AvgIpc) is 0.769. The van der Waals surface area contributed by atoms with Gasteiger partial charge in [0.15, 0.2) is 55.5 Å². The SMILES string of the molecule is C#CCO[C@@H]1O[C@H](CO[C@@H]2O[C@H](COC(=O)c3ccccc3)[C@H](OC(=O)c3ccccc3)[C@H](OC(=O)c3ccccc3)[C@H]2OC(=O)c2ccccc2)[C@H](O)[C@H](O[C@@H]2O[C@H](COC(=O)c3ccccc3)[C@H](OC(=O)c3ccccc3)[C@H](OC(=O)c3ccccc3)[C@H]2OC(=O)c2ccccc2)[C@H]1O. The van der Waals surface area contributed by atoms with Crippen molar-refractivity contribution in [3.05, 3.63) is 287 Å². The first-order valence-electron chi connectivity index (χ1n) is 31.9. The van der Waals surface area contributed by atoms with Crippen molar-refractivity contribution in [3.63, 3.8) is 0 Å². The number of hydrogen-bond donors (Lipinski definition) is 2. The van der Waals surface area contributed by atoms with Gasteiger partial charge in [0.05, 0.1) is 51.1 Å². The number of carbonyl (C=O) groups excluding carboxylic acids is 8. The average molecular weight is 1380 g/mol. The molecule has 0 radical (unpaired) electrons. The maximum absolute atomic E-state index is 14.5. The lowest BCUT2D eigenvalue weighted by atomic mass is 9.95. The van der Waals surface area contributed by atoms with Crippen LogP contribution in [-0.2, 0) is 66.3 Å². The van der Waals surface area contributed by atoms with Gasteiger partial charge in [0.25, 0.3) is 0 Å². The van der Waals surface area contributed by atoms with Crippen LogP contribution in [0.4, 0.5) is 0 Å². The summed E-state index contributed by atoms with van der Waals surface area (Å²) in [4.78, 5) is 114. The fraction of sp³-hybridized carbons (Fsp3) is 0.247. The Morgan fingerprint density at radius 3 is 0.881 bits per heavy atom. The van der Waals surface area contributed by atoms with Gasteiger partial charge in [-0.1, -0.05) is 152 Å². The minimum Gasteiger partial charge on any atom is -0.459 e. The van der Waals surface area contributed by atoms with E-state index in [0.717, 1.165) is 0 Å². The molecule has 0 aliphatic carbocycles. The molecule has 3 saturated heterocycles. The van der Waals surface area contributed by atoms with Gasteiger partial charge in [0.1, 0.15) is 56.4 Å². The number of aliphatic hydroxyl groups is 2. The summed E-state index contributed by atoms with van der Waals surface area (Å²) in [5.74, 6) is -5.60. The molecule has 2 N–H and O–H groups in total. The van der Waals surface area contributed by atoms with Crippen molar-refractivity contribution in [2.45, 2.75) is 92.1 Å². The van der Waals surface area contributed by atoms with Crippen LogP contribution in [0.25, 0.3) is 0 Å². The Balaban J connectivity index is 0.976. The minimum atomic E-state index is -2.14. The second-order valence-electron chi connectivity index (χ2n) is 22.9. The third-order valence-electron chi connectivity index (χ3n) is 16.2. The molecule has 3 aliphatic rings. The highest BCUT2D eigenvalue weighted by atomic mass is 16.8. The Morgan fingerprint density at radius 2 is 0.564 bits per heavy atom. The lowest BCUT2D eigenvalue weighted by Crippen LogP contribution is -2.67. The van der Waals surface area contributed by atoms with Crippen LogP contribution < -0.4 is 0 Å². The zero-order valence-electron chi connectivity index (χ0n) is 53.5. The largest absolute Gasteiger partial charge is 0.459 e. The van der Waals surface area contributed by atoms with E-state index in [1.165, 1.54) is 109 Å². The van der Waals surface area contributed by atoms with Crippen LogP contribution in [0, 0.1) is 12.3 Å². The van der Waals surface area contributed by atoms with E-state index in [0.29, 0.717) is 0 Å². The summed E-state index contributed by atoms with van der Waals surface area (Å²) >= 11 is 0. The quantitative estimate of drug-likeness (QED) is 0.0311. The molecule has 8 aromatic rings. The number of hydrogen-bond acceptors (Lipinski definition) is 24. The Labute approximate surface area is 578 Å². The van der Waals surface area contributed by atoms with Gasteiger partial charge < -0.3 is 76.5 Å². The number of rotatable bonds is 25. The summed E-state index contributed by atoms with van der Waals surface area (Å²) in [6.45, 7) is -2.97. The van der Waals surface area contributed by atoms with Crippen LogP contribution in [0.1, 0.15) is 82.9 Å². The fourth-order valence-corrected chi connectivity index (χ4v) is 11.1. The van der Waals surface area contributed by atoms with E-state index in [-0.39, 0.29) is 44.5 Å². The predicted octanol–water partition coefficient (Wildman–Crippen LogP) is 8.00. The summed E-state index contributed by atoms with van der Waals surface area (Å²) in [5, 5.41) is 25.2. The van der Waals surface area contributed by atoms with E-state index >= 15 is 0 Å². The highest BCUT2D eigenvalue weighted by molar-refractivity contribution is 5.93. The molecule has 11 rings (SSSR count). The van der Waals surface area contributed by atoms with Crippen molar-refractivity contribution in [2.75, 3.05) is 26.4 Å². The Bertz CT molecular complexity index is 4110. The summed E-state index contributed by atoms with van der Waals surface area (Å²) in [7, 11) is 0. The molecule has 15 atom stereocenters. The molecule has 0 saturated carbocycles. The van der Waals surface area contributed by atoms with Gasteiger partial charge in [0.2, 0.25) is 0 Å². The maximum Gasteiger partial charge on any atom is 0.338 e. The minimum absolute atomic E-state index is 0.00550. The van der Waals surface area contributed by atoms with Crippen LogP contribution in [0.3, 0.4) is 0 Å². The molecule has 0 spiro atoms. The van der Waals surface area contributed by atoms with Gasteiger partial charge in [-0.25, -0.2) is 38.4 Å². The monoisotopic (exact) mass is 1370 g/mol. The van der Waals surface area contributed by atoms with Crippen LogP contribution in [0.2, 0.25) is 0 Å². The lowest BCUT2D eigenvalue weighted by molar-refractivity contribution is -0.363. The van der Waals surface area contributed by atoms with Crippen molar-refractivity contribution in [1.82, 2.24) is 0 Å². The number of ether oxygens (including phenoxy) is 14. The van der Waals surface area contributed by atoms with Crippen LogP contribution in [-0.4, -0.2) is 177 Å². The first-order chi connectivity index (χ1) is 49.2. The Kier molecular flexibility index (Phi) is 24.3. The fourth-order valence-electron chi connectivity index (χ4n) is 11.1. The predicted molar refractivity (Wildman–Crippen MR) is 351 cm³/mol. The van der Waals surface area contributed by atoms with Gasteiger partial charge in [-0.3, -0.25) is 0 Å². The molecule has 0 bridgehead atoms. The summed E-state index contributed by atoms with van der Waals surface area (Å²) in [5.41, 5.74) is 0.132. The second kappa shape index (κ2) is 34.5. The molecular formula is C77H66O24. The molecule has 518 valence electrons. The molecule has 3 fully saturated rings. The van der Waals surface area contributed by atoms with Gasteiger partial charge in [0, 0.05) is 0 Å². The van der Waals surface area contributed by atoms with Crippen LogP contribution >= 0.6 is 0 Å². The van der Waals surface area contributed by atoms with E-state index in [9.17, 15) is 48.6 Å². The highest BCUT2D eigenvalue weighted by Crippen LogP contribution is 2.37. The van der Waals surface area contributed by atoms with Gasteiger partial charge >= 0.3 is 47.8 Å². The normalized spacial score (nSPS) is 24.5. The molecule has 0 amide bonds. The molecular weight excluding hydrogens is 1310 g/mol. The van der Waals surface area contributed by atoms with Crippen LogP contribution in [0.5, 0.6) is 0 Å². The van der Waals surface area contributed by atoms with E-state index in [2.05, 4.69) is 5.92 Å². The molecule has 0 unspecified atom stereocenters. The molecule has 24 heteroatoms. The molecule has 101 heavy (non-hydrogen) atoms. The summed E-state index contributed by atoms with van der Waals surface area (Å²) in [6.07, 6.45) is -23.2. The molecule has 3 heterocycles. The smallest absolute Gasteiger partial charge is 0.338 e. The third kappa shape index (κ3) is 18.2. The van der Waals surface area contributed by atoms with Crippen molar-refractivity contribution in [3.8, 4) is 12.3 Å². The van der Waals surface area contributed by atoms with Gasteiger partial charge in [-0.2, -0.15) is 0 Å². The Morgan fingerprint density at radius 1 is 0.297 bits per heavy atom. The van der Waals surface area contributed by atoms with E-state index in [1.54, 1.807) is 133 Å². The highest BCUT2D eigenvalue weighted by Gasteiger charge is 2.58. The lowest BCUT2D eigenvalue weighted by Gasteiger charge is -2.48. The number of carbonyl (C=O) groups is 8. The van der Waals surface area contributed by atoms with Crippen molar-refractivity contribution in [2.24, 2.45) is 0 Å². The first-order valence-corrected chi connectivity index (χ1v) is 31.9. The van der Waals surface area contributed by atoms with Crippen molar-refractivity contribution < 1.29 is 115 Å². The molecule has 8 aromatic carbocycles. The molecule has 24 nitrogen and oxygen atoms in total. The second-order valence-corrected chi connectivity index (χ2v) is 22.9. The zero-order valence-corrected chi connectivity index (χ0v) is 53.5. The topological polar surface area (TPSA) is 306 Å².